The third-order valence-electron chi connectivity index (χ3n) is 8.79. The van der Waals surface area contributed by atoms with Gasteiger partial charge in [0, 0.05) is 43.5 Å². The Hall–Kier alpha value is -4.39. The van der Waals surface area contributed by atoms with Gasteiger partial charge in [0.15, 0.2) is 11.5 Å². The molecule has 3 aromatic carbocycles. The van der Waals surface area contributed by atoms with Gasteiger partial charge in [-0.15, -0.1) is 0 Å². The smallest absolute Gasteiger partial charge is 0.323 e. The van der Waals surface area contributed by atoms with E-state index in [1.807, 2.05) is 32.2 Å². The molecular formula is C37H47FN4O7. The number of carbonyl (C=O) groups excluding carboxylic acids is 2. The van der Waals surface area contributed by atoms with E-state index in [0.717, 1.165) is 36.3 Å². The summed E-state index contributed by atoms with van der Waals surface area (Å²) in [6.45, 7) is 8.01. The van der Waals surface area contributed by atoms with Crippen LogP contribution in [0, 0.1) is 11.7 Å². The van der Waals surface area contributed by atoms with Gasteiger partial charge in [-0.2, -0.15) is 0 Å². The highest BCUT2D eigenvalue weighted by atomic mass is 19.1. The van der Waals surface area contributed by atoms with E-state index in [0.29, 0.717) is 43.4 Å². The number of nitrogens with zero attached hydrogens (tertiary/aromatic N) is 2. The van der Waals surface area contributed by atoms with E-state index in [2.05, 4.69) is 22.5 Å². The maximum Gasteiger partial charge on any atom is 0.323 e. The molecular weight excluding hydrogens is 631 g/mol. The minimum Gasteiger partial charge on any atom is -0.490 e. The van der Waals surface area contributed by atoms with Gasteiger partial charge < -0.3 is 39.6 Å². The Kier molecular flexibility index (Phi) is 12.3. The molecule has 0 aliphatic carbocycles. The number of halogens is 1. The first-order valence-electron chi connectivity index (χ1n) is 16.8. The van der Waals surface area contributed by atoms with Crippen LogP contribution < -0.4 is 24.8 Å². The Labute approximate surface area is 287 Å². The lowest BCUT2D eigenvalue weighted by Crippen LogP contribution is -2.47. The van der Waals surface area contributed by atoms with Gasteiger partial charge in [-0.05, 0) is 100 Å². The molecule has 12 heteroatoms. The standard InChI is InChI=1S/C37H47FN4O7/c1-24-19-42(25(2)22-43)36(44)31-18-30(40-37(45)39-29-11-9-28(38)10-12-29)13-15-32(31)49-26(3)7-5-6-16-46-35(24)21-41(4)20-27-8-14-33-34(17-27)48-23-47-33/h8-15,17-18,24-26,35,43H,5-7,16,19-23H2,1-4H3,(H2,39,40,45)/t24-,25-,26+,35+/m1/s1. The van der Waals surface area contributed by atoms with E-state index in [-0.39, 0.29) is 43.0 Å². The van der Waals surface area contributed by atoms with Gasteiger partial charge in [0.1, 0.15) is 11.6 Å². The third kappa shape index (κ3) is 9.84. The van der Waals surface area contributed by atoms with Crippen molar-refractivity contribution < 1.29 is 38.0 Å². The summed E-state index contributed by atoms with van der Waals surface area (Å²) < 4.78 is 37.1. The van der Waals surface area contributed by atoms with Crippen molar-refractivity contribution in [3.05, 3.63) is 77.6 Å². The van der Waals surface area contributed by atoms with Crippen molar-refractivity contribution in [2.75, 3.05) is 50.8 Å². The van der Waals surface area contributed by atoms with Crippen LogP contribution in [0.25, 0.3) is 0 Å². The summed E-state index contributed by atoms with van der Waals surface area (Å²) in [4.78, 5) is 31.0. The fourth-order valence-electron chi connectivity index (χ4n) is 6.01. The monoisotopic (exact) mass is 678 g/mol. The molecule has 264 valence electrons. The number of amides is 3. The SMILES string of the molecule is C[C@@H]1CN([C@H](C)CO)C(=O)c2cc(NC(=O)Nc3ccc(F)cc3)ccc2O[C@@H](C)CCCCO[C@H]1CN(C)Cc1ccc2c(c1)OCO2. The largest absolute Gasteiger partial charge is 0.490 e. The quantitative estimate of drug-likeness (QED) is 0.261. The number of carbonyl (C=O) groups is 2. The van der Waals surface area contributed by atoms with E-state index < -0.39 is 17.9 Å². The van der Waals surface area contributed by atoms with E-state index >= 15 is 0 Å². The van der Waals surface area contributed by atoms with Crippen LogP contribution in [-0.2, 0) is 11.3 Å². The molecule has 0 bridgehead atoms. The first kappa shape index (κ1) is 35.9. The van der Waals surface area contributed by atoms with Crippen molar-refractivity contribution in [2.45, 2.75) is 64.8 Å². The number of hydrogen-bond acceptors (Lipinski definition) is 8. The third-order valence-corrected chi connectivity index (χ3v) is 8.79. The van der Waals surface area contributed by atoms with Crippen LogP contribution in [0.4, 0.5) is 20.6 Å². The Bertz CT molecular complexity index is 1570. The first-order valence-corrected chi connectivity index (χ1v) is 16.8. The fourth-order valence-corrected chi connectivity index (χ4v) is 6.01. The van der Waals surface area contributed by atoms with E-state index in [4.69, 9.17) is 18.9 Å². The van der Waals surface area contributed by atoms with Crippen molar-refractivity contribution in [1.82, 2.24) is 9.80 Å². The molecule has 2 aliphatic heterocycles. The zero-order valence-electron chi connectivity index (χ0n) is 28.6. The van der Waals surface area contributed by atoms with Crippen LogP contribution in [0.15, 0.2) is 60.7 Å². The topological polar surface area (TPSA) is 122 Å². The number of nitrogens with one attached hydrogen (secondary N) is 2. The van der Waals surface area contributed by atoms with Crippen molar-refractivity contribution in [3.63, 3.8) is 0 Å². The molecule has 0 aromatic heterocycles. The summed E-state index contributed by atoms with van der Waals surface area (Å²) in [6, 6.07) is 15.3. The number of ether oxygens (including phenoxy) is 4. The lowest BCUT2D eigenvalue weighted by atomic mass is 10.0. The molecule has 5 rings (SSSR count). The number of benzene rings is 3. The van der Waals surface area contributed by atoms with Crippen LogP contribution in [0.5, 0.6) is 17.2 Å². The molecule has 4 atom stereocenters. The van der Waals surface area contributed by atoms with E-state index in [1.54, 1.807) is 30.0 Å². The lowest BCUT2D eigenvalue weighted by Gasteiger charge is -2.36. The Morgan fingerprint density at radius 3 is 2.49 bits per heavy atom. The molecule has 0 radical (unpaired) electrons. The fraction of sp³-hybridized carbons (Fsp3) is 0.459. The van der Waals surface area contributed by atoms with Crippen molar-refractivity contribution in [1.29, 1.82) is 0 Å². The van der Waals surface area contributed by atoms with E-state index in [9.17, 15) is 19.1 Å². The number of fused-ring (bicyclic) bond motifs is 2. The van der Waals surface area contributed by atoms with Gasteiger partial charge in [-0.3, -0.25) is 9.69 Å². The van der Waals surface area contributed by atoms with Crippen molar-refractivity contribution >= 4 is 23.3 Å². The molecule has 0 fully saturated rings. The number of anilines is 2. The number of likely N-dealkylation sites (N-methyl/N-ethyl adjacent to an activating group) is 1. The maximum absolute atomic E-state index is 14.4. The summed E-state index contributed by atoms with van der Waals surface area (Å²) in [5, 5.41) is 15.7. The Morgan fingerprint density at radius 1 is 1.00 bits per heavy atom. The number of hydrogen-bond donors (Lipinski definition) is 3. The molecule has 0 saturated heterocycles. The zero-order valence-corrected chi connectivity index (χ0v) is 28.6. The second kappa shape index (κ2) is 16.8. The van der Waals surface area contributed by atoms with Gasteiger partial charge in [-0.1, -0.05) is 13.0 Å². The average molecular weight is 679 g/mol. The molecule has 0 spiro atoms. The molecule has 49 heavy (non-hydrogen) atoms. The molecule has 11 nitrogen and oxygen atoms in total. The molecule has 2 heterocycles. The first-order chi connectivity index (χ1) is 23.6. The Balaban J connectivity index is 1.36. The summed E-state index contributed by atoms with van der Waals surface area (Å²) >= 11 is 0. The minimum atomic E-state index is -0.548. The minimum absolute atomic E-state index is 0.0915. The highest BCUT2D eigenvalue weighted by molar-refractivity contribution is 6.02. The van der Waals surface area contributed by atoms with Crippen molar-refractivity contribution in [2.24, 2.45) is 5.92 Å². The van der Waals surface area contributed by atoms with Crippen LogP contribution in [0.2, 0.25) is 0 Å². The molecule has 0 unspecified atom stereocenters. The summed E-state index contributed by atoms with van der Waals surface area (Å²) in [7, 11) is 2.04. The number of aliphatic hydroxyl groups is 1. The molecule has 2 aliphatic rings. The van der Waals surface area contributed by atoms with Crippen LogP contribution >= 0.6 is 0 Å². The van der Waals surface area contributed by atoms with Gasteiger partial charge in [-0.25, -0.2) is 9.18 Å². The van der Waals surface area contributed by atoms with Gasteiger partial charge in [0.25, 0.3) is 5.91 Å². The number of rotatable bonds is 8. The average Bonchev–Trinajstić information content (AvgIpc) is 3.55. The highest BCUT2D eigenvalue weighted by Crippen LogP contribution is 2.33. The zero-order chi connectivity index (χ0) is 34.9. The van der Waals surface area contributed by atoms with Crippen LogP contribution in [-0.4, -0.2) is 85.2 Å². The van der Waals surface area contributed by atoms with E-state index in [1.165, 1.54) is 24.3 Å². The molecule has 3 N–H and O–H groups in total. The predicted molar refractivity (Wildman–Crippen MR) is 185 cm³/mol. The summed E-state index contributed by atoms with van der Waals surface area (Å²) in [6.07, 6.45) is 2.13. The predicted octanol–water partition coefficient (Wildman–Crippen LogP) is 6.13. The highest BCUT2D eigenvalue weighted by Gasteiger charge is 2.30. The van der Waals surface area contributed by atoms with Gasteiger partial charge >= 0.3 is 6.03 Å². The second-order valence-electron chi connectivity index (χ2n) is 13.0. The van der Waals surface area contributed by atoms with Gasteiger partial charge in [0.05, 0.1) is 30.4 Å². The lowest BCUT2D eigenvalue weighted by molar-refractivity contribution is -0.0177. The normalized spacial score (nSPS) is 20.6. The number of urea groups is 1. The van der Waals surface area contributed by atoms with Gasteiger partial charge in [0.2, 0.25) is 6.79 Å². The van der Waals surface area contributed by atoms with Crippen LogP contribution in [0.3, 0.4) is 0 Å². The second-order valence-corrected chi connectivity index (χ2v) is 13.0. The number of aliphatic hydroxyl groups excluding tert-OH is 1. The van der Waals surface area contributed by atoms with Crippen molar-refractivity contribution in [3.8, 4) is 17.2 Å². The molecule has 0 saturated carbocycles. The maximum atomic E-state index is 14.4. The molecule has 3 aromatic rings. The molecule has 3 amide bonds. The summed E-state index contributed by atoms with van der Waals surface area (Å²) in [5.74, 6) is 1.06. The summed E-state index contributed by atoms with van der Waals surface area (Å²) in [5.41, 5.74) is 2.15. The Morgan fingerprint density at radius 2 is 1.71 bits per heavy atom. The van der Waals surface area contributed by atoms with Crippen LogP contribution in [0.1, 0.15) is 56.0 Å².